The summed E-state index contributed by atoms with van der Waals surface area (Å²) >= 11 is 0. The van der Waals surface area contributed by atoms with E-state index in [2.05, 4.69) is 9.80 Å². The third-order valence-electron chi connectivity index (χ3n) is 5.47. The second-order valence-corrected chi connectivity index (χ2v) is 6.82. The second-order valence-electron chi connectivity index (χ2n) is 6.82. The number of benzene rings is 1. The zero-order valence-corrected chi connectivity index (χ0v) is 13.4. The maximum Gasteiger partial charge on any atom is 0.262 e. The van der Waals surface area contributed by atoms with Crippen LogP contribution in [0, 0.1) is 0 Å². The summed E-state index contributed by atoms with van der Waals surface area (Å²) in [6, 6.07) is 7.87. The lowest BCUT2D eigenvalue weighted by molar-refractivity contribution is 0.0402. The topological polar surface area (TPSA) is 43.9 Å². The number of rotatable bonds is 3. The summed E-state index contributed by atoms with van der Waals surface area (Å²) in [6.45, 7) is 4.39. The first kappa shape index (κ1) is 14.8. The smallest absolute Gasteiger partial charge is 0.262 e. The summed E-state index contributed by atoms with van der Waals surface area (Å²) < 4.78 is 0. The summed E-state index contributed by atoms with van der Waals surface area (Å²) in [5.74, 6) is -0.298. The Morgan fingerprint density at radius 1 is 0.870 bits per heavy atom. The van der Waals surface area contributed by atoms with Crippen molar-refractivity contribution >= 4 is 11.8 Å². The summed E-state index contributed by atoms with van der Waals surface area (Å²) in [6.07, 6.45) is 5.39. The minimum Gasteiger partial charge on any atom is -0.298 e. The molecule has 1 aromatic carbocycles. The molecule has 2 aliphatic heterocycles. The molecule has 0 bridgehead atoms. The van der Waals surface area contributed by atoms with Gasteiger partial charge in [-0.15, -0.1) is 0 Å². The Morgan fingerprint density at radius 2 is 1.43 bits per heavy atom. The molecule has 2 amide bonds. The molecule has 0 atom stereocenters. The van der Waals surface area contributed by atoms with E-state index in [0.29, 0.717) is 17.8 Å². The molecule has 5 heteroatoms. The molecule has 1 aliphatic carbocycles. The summed E-state index contributed by atoms with van der Waals surface area (Å²) in [7, 11) is 0. The van der Waals surface area contributed by atoms with Gasteiger partial charge in [0.05, 0.1) is 17.8 Å². The van der Waals surface area contributed by atoms with Crippen LogP contribution in [0.1, 0.15) is 46.4 Å². The summed E-state index contributed by atoms with van der Waals surface area (Å²) in [5.41, 5.74) is 1.09. The van der Waals surface area contributed by atoms with Crippen molar-refractivity contribution in [3.8, 4) is 0 Å². The molecule has 4 rings (SSSR count). The predicted molar refractivity (Wildman–Crippen MR) is 87.2 cm³/mol. The van der Waals surface area contributed by atoms with Gasteiger partial charge >= 0.3 is 0 Å². The van der Waals surface area contributed by atoms with Crippen LogP contribution in [0.25, 0.3) is 0 Å². The summed E-state index contributed by atoms with van der Waals surface area (Å²) in [4.78, 5) is 31.1. The van der Waals surface area contributed by atoms with Crippen molar-refractivity contribution in [2.24, 2.45) is 0 Å². The fraction of sp³-hybridized carbons (Fsp3) is 0.556. The standard InChI is InChI=1S/C18H23N3O2/c22-17-15-7-3-4-8-16(15)18(23)21(17)13-19-9-11-20(12-10-19)14-5-1-2-6-14/h3-4,7-8,14H,1-2,5-6,9-13H2. The quantitative estimate of drug-likeness (QED) is 0.798. The van der Waals surface area contributed by atoms with E-state index in [4.69, 9.17) is 0 Å². The van der Waals surface area contributed by atoms with Gasteiger partial charge in [-0.25, -0.2) is 0 Å². The predicted octanol–water partition coefficient (Wildman–Crippen LogP) is 1.80. The third-order valence-corrected chi connectivity index (χ3v) is 5.47. The summed E-state index contributed by atoms with van der Waals surface area (Å²) in [5, 5.41) is 0. The van der Waals surface area contributed by atoms with Gasteiger partial charge in [0.2, 0.25) is 0 Å². The molecule has 1 aromatic rings. The average Bonchev–Trinajstić information content (AvgIpc) is 3.20. The number of carbonyl (C=O) groups is 2. The van der Waals surface area contributed by atoms with Gasteiger partial charge in [0.15, 0.2) is 0 Å². The molecule has 1 saturated heterocycles. The average molecular weight is 313 g/mol. The number of piperazine rings is 1. The number of nitrogens with zero attached hydrogens (tertiary/aromatic N) is 3. The highest BCUT2D eigenvalue weighted by Gasteiger charge is 2.36. The number of hydrogen-bond donors (Lipinski definition) is 0. The van der Waals surface area contributed by atoms with Crippen LogP contribution >= 0.6 is 0 Å². The fourth-order valence-corrected chi connectivity index (χ4v) is 4.11. The van der Waals surface area contributed by atoms with Gasteiger partial charge in [-0.3, -0.25) is 24.3 Å². The van der Waals surface area contributed by atoms with Crippen molar-refractivity contribution in [1.29, 1.82) is 0 Å². The van der Waals surface area contributed by atoms with E-state index in [9.17, 15) is 9.59 Å². The van der Waals surface area contributed by atoms with Crippen molar-refractivity contribution in [3.05, 3.63) is 35.4 Å². The molecular weight excluding hydrogens is 290 g/mol. The molecule has 1 saturated carbocycles. The highest BCUT2D eigenvalue weighted by molar-refractivity contribution is 6.21. The number of imide groups is 1. The van der Waals surface area contributed by atoms with Crippen molar-refractivity contribution < 1.29 is 9.59 Å². The Hall–Kier alpha value is -1.72. The van der Waals surface area contributed by atoms with E-state index in [-0.39, 0.29) is 11.8 Å². The Kier molecular flexibility index (Phi) is 3.91. The molecule has 2 heterocycles. The number of fused-ring (bicyclic) bond motifs is 1. The van der Waals surface area contributed by atoms with E-state index in [0.717, 1.165) is 32.2 Å². The van der Waals surface area contributed by atoms with Crippen LogP contribution in [0.2, 0.25) is 0 Å². The maximum atomic E-state index is 12.4. The number of amides is 2. The monoisotopic (exact) mass is 313 g/mol. The number of hydrogen-bond acceptors (Lipinski definition) is 4. The minimum atomic E-state index is -0.149. The first-order valence-electron chi connectivity index (χ1n) is 8.65. The van der Waals surface area contributed by atoms with Crippen LogP contribution in [0.3, 0.4) is 0 Å². The van der Waals surface area contributed by atoms with Crippen LogP contribution in [0.15, 0.2) is 24.3 Å². The Bertz CT molecular complexity index is 581. The first-order valence-corrected chi connectivity index (χ1v) is 8.65. The van der Waals surface area contributed by atoms with Gasteiger partial charge in [-0.1, -0.05) is 25.0 Å². The minimum absolute atomic E-state index is 0.149. The second kappa shape index (κ2) is 6.06. The lowest BCUT2D eigenvalue weighted by Gasteiger charge is -2.39. The fourth-order valence-electron chi connectivity index (χ4n) is 4.11. The molecule has 23 heavy (non-hydrogen) atoms. The molecule has 0 radical (unpaired) electrons. The van der Waals surface area contributed by atoms with E-state index in [1.165, 1.54) is 30.6 Å². The van der Waals surface area contributed by atoms with Gasteiger partial charge in [-0.05, 0) is 25.0 Å². The third kappa shape index (κ3) is 2.68. The van der Waals surface area contributed by atoms with E-state index < -0.39 is 0 Å². The van der Waals surface area contributed by atoms with Gasteiger partial charge in [0.25, 0.3) is 11.8 Å². The van der Waals surface area contributed by atoms with Crippen LogP contribution in [0.5, 0.6) is 0 Å². The Balaban J connectivity index is 1.37. The molecule has 122 valence electrons. The van der Waals surface area contributed by atoms with Crippen LogP contribution < -0.4 is 0 Å². The molecule has 3 aliphatic rings. The van der Waals surface area contributed by atoms with E-state index in [1.54, 1.807) is 12.1 Å². The van der Waals surface area contributed by atoms with Crippen molar-refractivity contribution in [2.45, 2.75) is 31.7 Å². The number of carbonyl (C=O) groups excluding carboxylic acids is 2. The van der Waals surface area contributed by atoms with Gasteiger partial charge in [0, 0.05) is 32.2 Å². The molecular formula is C18H23N3O2. The molecule has 0 unspecified atom stereocenters. The van der Waals surface area contributed by atoms with E-state index in [1.807, 2.05) is 12.1 Å². The molecule has 0 N–H and O–H groups in total. The lowest BCUT2D eigenvalue weighted by Crippen LogP contribution is -2.53. The van der Waals surface area contributed by atoms with Gasteiger partial charge in [-0.2, -0.15) is 0 Å². The molecule has 0 spiro atoms. The van der Waals surface area contributed by atoms with Crippen molar-refractivity contribution in [3.63, 3.8) is 0 Å². The highest BCUT2D eigenvalue weighted by Crippen LogP contribution is 2.25. The van der Waals surface area contributed by atoms with Crippen molar-refractivity contribution in [2.75, 3.05) is 32.8 Å². The Morgan fingerprint density at radius 3 is 2.00 bits per heavy atom. The largest absolute Gasteiger partial charge is 0.298 e. The van der Waals surface area contributed by atoms with Gasteiger partial charge in [0.1, 0.15) is 0 Å². The van der Waals surface area contributed by atoms with Gasteiger partial charge < -0.3 is 0 Å². The molecule has 0 aromatic heterocycles. The van der Waals surface area contributed by atoms with E-state index >= 15 is 0 Å². The highest BCUT2D eigenvalue weighted by atomic mass is 16.2. The zero-order chi connectivity index (χ0) is 15.8. The Labute approximate surface area is 136 Å². The first-order chi connectivity index (χ1) is 11.2. The van der Waals surface area contributed by atoms with Crippen LogP contribution in [-0.4, -0.2) is 65.4 Å². The molecule has 5 nitrogen and oxygen atoms in total. The normalized spacial score (nSPS) is 23.7. The maximum absolute atomic E-state index is 12.4. The SMILES string of the molecule is O=C1c2ccccc2C(=O)N1CN1CCN(C2CCCC2)CC1. The van der Waals surface area contributed by atoms with Crippen LogP contribution in [0.4, 0.5) is 0 Å². The van der Waals surface area contributed by atoms with Crippen molar-refractivity contribution in [1.82, 2.24) is 14.7 Å². The lowest BCUT2D eigenvalue weighted by atomic mass is 10.1. The zero-order valence-electron chi connectivity index (χ0n) is 13.4. The van der Waals surface area contributed by atoms with Crippen LogP contribution in [-0.2, 0) is 0 Å². The molecule has 2 fully saturated rings.